The molecule has 1 atom stereocenters. The summed E-state index contributed by atoms with van der Waals surface area (Å²) in [7, 11) is 0. The molecule has 0 aliphatic carbocycles. The van der Waals surface area contributed by atoms with E-state index in [1.165, 1.54) is 0 Å². The number of urea groups is 1. The first-order chi connectivity index (χ1) is 19.3. The maximum Gasteiger partial charge on any atom is 0.320 e. The molecule has 0 saturated carbocycles. The number of rotatable bonds is 8. The Labute approximate surface area is 234 Å². The van der Waals surface area contributed by atoms with Gasteiger partial charge in [-0.25, -0.2) is 4.79 Å². The van der Waals surface area contributed by atoms with Gasteiger partial charge in [0.2, 0.25) is 5.91 Å². The summed E-state index contributed by atoms with van der Waals surface area (Å²) in [6.07, 6.45) is 0.363. The normalized spacial score (nSPS) is 15.8. The molecule has 4 amide bonds. The monoisotopic (exact) mass is 532 g/mol. The Kier molecular flexibility index (Phi) is 7.64. The van der Waals surface area contributed by atoms with Gasteiger partial charge in [-0.15, -0.1) is 0 Å². The third-order valence-corrected chi connectivity index (χ3v) is 7.13. The highest BCUT2D eigenvalue weighted by Gasteiger charge is 2.53. The summed E-state index contributed by atoms with van der Waals surface area (Å²) in [5.41, 5.74) is 4.11. The van der Waals surface area contributed by atoms with E-state index in [4.69, 9.17) is 0 Å². The van der Waals surface area contributed by atoms with Gasteiger partial charge in [0.25, 0.3) is 5.91 Å². The Hall–Kier alpha value is -4.91. The van der Waals surface area contributed by atoms with Crippen molar-refractivity contribution in [1.29, 1.82) is 0 Å². The molecule has 0 aromatic heterocycles. The van der Waals surface area contributed by atoms with Crippen molar-refractivity contribution in [3.63, 3.8) is 0 Å². The first kappa shape index (κ1) is 26.7. The molecule has 0 bridgehead atoms. The maximum absolute atomic E-state index is 14.3. The minimum Gasteiger partial charge on any atom is -0.326 e. The average molecular weight is 533 g/mol. The lowest BCUT2D eigenvalue weighted by Gasteiger charge is -2.30. The highest BCUT2D eigenvalue weighted by molar-refractivity contribution is 6.12. The number of carbonyl (C=O) groups excluding carboxylic acids is 3. The number of hydrogen-bond acceptors (Lipinski definition) is 3. The second-order valence-corrected chi connectivity index (χ2v) is 10.2. The van der Waals surface area contributed by atoms with Crippen LogP contribution in [0.25, 0.3) is 0 Å². The molecule has 40 heavy (non-hydrogen) atoms. The molecule has 7 heteroatoms. The maximum atomic E-state index is 14.3. The number of nitrogens with zero attached hydrogens (tertiary/aromatic N) is 1. The second-order valence-electron chi connectivity index (χ2n) is 10.2. The Morgan fingerprint density at radius 1 is 0.725 bits per heavy atom. The van der Waals surface area contributed by atoms with E-state index in [0.29, 0.717) is 35.6 Å². The summed E-state index contributed by atoms with van der Waals surface area (Å²) in [6.45, 7) is 4.33. The molecule has 1 aliphatic rings. The van der Waals surface area contributed by atoms with Crippen LogP contribution in [-0.4, -0.2) is 24.4 Å². The minimum atomic E-state index is -1.59. The SMILES string of the molecule is Cc1ccc(NC(=O)C[C@@]2(NC(=O)Nc3ccc(C)cc3)C(=O)N(CCc3ccccc3)c3ccccc32)cc1. The van der Waals surface area contributed by atoms with Crippen molar-refractivity contribution in [3.05, 3.63) is 125 Å². The molecule has 0 spiro atoms. The largest absolute Gasteiger partial charge is 0.326 e. The molecule has 0 unspecified atom stereocenters. The van der Waals surface area contributed by atoms with Crippen LogP contribution in [0.2, 0.25) is 0 Å². The van der Waals surface area contributed by atoms with Gasteiger partial charge < -0.3 is 20.9 Å². The van der Waals surface area contributed by atoms with E-state index in [1.54, 1.807) is 23.1 Å². The fraction of sp³-hybridized carbons (Fsp3) is 0.182. The topological polar surface area (TPSA) is 90.5 Å². The van der Waals surface area contributed by atoms with Crippen LogP contribution in [0.1, 0.15) is 28.7 Å². The van der Waals surface area contributed by atoms with Crippen LogP contribution in [-0.2, 0) is 21.5 Å². The molecule has 7 nitrogen and oxygen atoms in total. The molecule has 3 N–H and O–H groups in total. The van der Waals surface area contributed by atoms with Gasteiger partial charge in [0, 0.05) is 29.2 Å². The van der Waals surface area contributed by atoms with E-state index in [9.17, 15) is 14.4 Å². The number of amides is 4. The molecule has 0 radical (unpaired) electrons. The predicted octanol–water partition coefficient (Wildman–Crippen LogP) is 5.94. The third kappa shape index (κ3) is 5.73. The fourth-order valence-electron chi connectivity index (χ4n) is 5.04. The molecule has 4 aromatic rings. The Balaban J connectivity index is 1.46. The summed E-state index contributed by atoms with van der Waals surface area (Å²) in [4.78, 5) is 42.7. The van der Waals surface area contributed by atoms with Crippen LogP contribution >= 0.6 is 0 Å². The number of para-hydroxylation sites is 1. The van der Waals surface area contributed by atoms with Gasteiger partial charge in [-0.2, -0.15) is 0 Å². The number of anilines is 3. The summed E-state index contributed by atoms with van der Waals surface area (Å²) < 4.78 is 0. The molecular formula is C33H32N4O3. The van der Waals surface area contributed by atoms with Gasteiger partial charge in [-0.05, 0) is 56.2 Å². The van der Waals surface area contributed by atoms with E-state index >= 15 is 0 Å². The molecule has 0 fully saturated rings. The van der Waals surface area contributed by atoms with Gasteiger partial charge in [-0.3, -0.25) is 9.59 Å². The summed E-state index contributed by atoms with van der Waals surface area (Å²) in [6, 6.07) is 31.5. The predicted molar refractivity (Wildman–Crippen MR) is 158 cm³/mol. The Morgan fingerprint density at radius 2 is 1.30 bits per heavy atom. The second kappa shape index (κ2) is 11.5. The molecule has 0 saturated heterocycles. The number of nitrogens with one attached hydrogen (secondary N) is 3. The van der Waals surface area contributed by atoms with Crippen molar-refractivity contribution in [2.45, 2.75) is 32.2 Å². The fourth-order valence-corrected chi connectivity index (χ4v) is 5.04. The molecular weight excluding hydrogens is 500 g/mol. The lowest BCUT2D eigenvalue weighted by molar-refractivity contribution is -0.128. The average Bonchev–Trinajstić information content (AvgIpc) is 3.17. The van der Waals surface area contributed by atoms with E-state index in [-0.39, 0.29) is 18.2 Å². The number of aryl methyl sites for hydroxylation is 2. The Bertz CT molecular complexity index is 1450. The lowest BCUT2D eigenvalue weighted by atomic mass is 9.87. The van der Waals surface area contributed by atoms with Gasteiger partial charge in [0.15, 0.2) is 5.54 Å². The van der Waals surface area contributed by atoms with Crippen LogP contribution in [0.4, 0.5) is 21.9 Å². The first-order valence-corrected chi connectivity index (χ1v) is 13.3. The van der Waals surface area contributed by atoms with Gasteiger partial charge in [0.1, 0.15) is 0 Å². The zero-order chi connectivity index (χ0) is 28.1. The summed E-state index contributed by atoms with van der Waals surface area (Å²) >= 11 is 0. The first-order valence-electron chi connectivity index (χ1n) is 13.3. The van der Waals surface area contributed by atoms with Crippen molar-refractivity contribution in [2.75, 3.05) is 22.1 Å². The van der Waals surface area contributed by atoms with E-state index in [2.05, 4.69) is 16.0 Å². The van der Waals surface area contributed by atoms with E-state index < -0.39 is 11.6 Å². The Morgan fingerprint density at radius 3 is 1.95 bits per heavy atom. The van der Waals surface area contributed by atoms with Crippen molar-refractivity contribution in [3.8, 4) is 0 Å². The van der Waals surface area contributed by atoms with Crippen molar-refractivity contribution >= 4 is 34.9 Å². The van der Waals surface area contributed by atoms with Gasteiger partial charge >= 0.3 is 6.03 Å². The van der Waals surface area contributed by atoms with Crippen molar-refractivity contribution in [2.24, 2.45) is 0 Å². The van der Waals surface area contributed by atoms with Crippen LogP contribution in [0.3, 0.4) is 0 Å². The van der Waals surface area contributed by atoms with Crippen molar-refractivity contribution < 1.29 is 14.4 Å². The highest BCUT2D eigenvalue weighted by Crippen LogP contribution is 2.42. The number of fused-ring (bicyclic) bond motifs is 1. The zero-order valence-electron chi connectivity index (χ0n) is 22.6. The van der Waals surface area contributed by atoms with Gasteiger partial charge in [-0.1, -0.05) is 83.9 Å². The van der Waals surface area contributed by atoms with Crippen molar-refractivity contribution in [1.82, 2.24) is 5.32 Å². The summed E-state index contributed by atoms with van der Waals surface area (Å²) in [5.74, 6) is -0.727. The lowest BCUT2D eigenvalue weighted by Crippen LogP contribution is -2.56. The molecule has 1 heterocycles. The van der Waals surface area contributed by atoms with Crippen LogP contribution < -0.4 is 20.9 Å². The summed E-state index contributed by atoms with van der Waals surface area (Å²) in [5, 5.41) is 8.63. The minimum absolute atomic E-state index is 0.264. The molecule has 202 valence electrons. The number of benzene rings is 4. The van der Waals surface area contributed by atoms with Crippen LogP contribution in [0.5, 0.6) is 0 Å². The smallest absolute Gasteiger partial charge is 0.320 e. The van der Waals surface area contributed by atoms with E-state index in [0.717, 1.165) is 16.7 Å². The standard InChI is InChI=1S/C33H32N4O3/c1-23-12-16-26(17-13-23)34-30(38)22-33(36-32(40)35-27-18-14-24(2)15-19-27)28-10-6-7-11-29(28)37(31(33)39)21-20-25-8-4-3-5-9-25/h3-19H,20-22H2,1-2H3,(H,34,38)(H2,35,36,40)/t33-/m0/s1. The highest BCUT2D eigenvalue weighted by atomic mass is 16.2. The van der Waals surface area contributed by atoms with Crippen LogP contribution in [0, 0.1) is 13.8 Å². The van der Waals surface area contributed by atoms with Gasteiger partial charge in [0.05, 0.1) is 6.42 Å². The third-order valence-electron chi connectivity index (χ3n) is 7.13. The zero-order valence-corrected chi connectivity index (χ0v) is 22.6. The molecule has 1 aliphatic heterocycles. The molecule has 4 aromatic carbocycles. The van der Waals surface area contributed by atoms with Crippen LogP contribution in [0.15, 0.2) is 103 Å². The quantitative estimate of drug-likeness (QED) is 0.262. The number of hydrogen-bond donors (Lipinski definition) is 3. The van der Waals surface area contributed by atoms with E-state index in [1.807, 2.05) is 98.8 Å². The molecule has 5 rings (SSSR count). The number of carbonyl (C=O) groups is 3.